The highest BCUT2D eigenvalue weighted by atomic mass is 32.2. The average Bonchev–Trinajstić information content (AvgIpc) is 3.31. The number of fused-ring (bicyclic) bond motifs is 1. The van der Waals surface area contributed by atoms with E-state index in [0.29, 0.717) is 11.5 Å². The molecule has 0 radical (unpaired) electrons. The molecular formula is C19H19NO7S2. The third-order valence-electron chi connectivity index (χ3n) is 4.94. The van der Waals surface area contributed by atoms with Gasteiger partial charge in [-0.05, 0) is 42.3 Å². The van der Waals surface area contributed by atoms with Crippen LogP contribution in [-0.4, -0.2) is 46.3 Å². The number of hydrogen-bond donors (Lipinski definition) is 1. The van der Waals surface area contributed by atoms with Gasteiger partial charge >= 0.3 is 0 Å². The van der Waals surface area contributed by atoms with Gasteiger partial charge in [0.15, 0.2) is 31.2 Å². The van der Waals surface area contributed by atoms with E-state index < -0.39 is 30.8 Å². The minimum atomic E-state index is -3.83. The van der Waals surface area contributed by atoms with Gasteiger partial charge in [-0.15, -0.1) is 0 Å². The van der Waals surface area contributed by atoms with Crippen molar-refractivity contribution in [3.63, 3.8) is 0 Å². The van der Waals surface area contributed by atoms with Crippen LogP contribution in [0.1, 0.15) is 22.3 Å². The van der Waals surface area contributed by atoms with Crippen molar-refractivity contribution < 1.29 is 31.1 Å². The zero-order valence-corrected chi connectivity index (χ0v) is 17.0. The van der Waals surface area contributed by atoms with Crippen LogP contribution in [0.5, 0.6) is 11.5 Å². The zero-order chi connectivity index (χ0) is 20.6. The molecule has 2 aromatic rings. The fraction of sp³-hybridized carbons (Fsp3) is 0.316. The Bertz CT molecular complexity index is 1170. The van der Waals surface area contributed by atoms with Gasteiger partial charge < -0.3 is 14.8 Å². The van der Waals surface area contributed by atoms with Crippen molar-refractivity contribution in [2.24, 2.45) is 0 Å². The first kappa shape index (κ1) is 19.7. The molecule has 2 aliphatic rings. The van der Waals surface area contributed by atoms with Crippen molar-refractivity contribution in [3.8, 4) is 11.5 Å². The number of carbonyl (C=O) groups excluding carboxylic acids is 1. The highest BCUT2D eigenvalue weighted by Crippen LogP contribution is 2.32. The first-order chi connectivity index (χ1) is 13.7. The fourth-order valence-electron chi connectivity index (χ4n) is 3.35. The molecule has 2 heterocycles. The predicted molar refractivity (Wildman–Crippen MR) is 104 cm³/mol. The topological polar surface area (TPSA) is 116 Å². The van der Waals surface area contributed by atoms with E-state index in [9.17, 15) is 21.6 Å². The van der Waals surface area contributed by atoms with Crippen LogP contribution in [0.3, 0.4) is 0 Å². The molecule has 8 nitrogen and oxygen atoms in total. The largest absolute Gasteiger partial charge is 0.454 e. The van der Waals surface area contributed by atoms with E-state index in [1.807, 2.05) is 0 Å². The number of benzene rings is 2. The highest BCUT2D eigenvalue weighted by Gasteiger charge is 2.38. The van der Waals surface area contributed by atoms with Crippen LogP contribution in [-0.2, 0) is 26.2 Å². The van der Waals surface area contributed by atoms with Gasteiger partial charge in [-0.1, -0.05) is 12.1 Å². The van der Waals surface area contributed by atoms with Gasteiger partial charge in [0.2, 0.25) is 6.79 Å². The van der Waals surface area contributed by atoms with Crippen LogP contribution < -0.4 is 14.8 Å². The van der Waals surface area contributed by atoms with Gasteiger partial charge in [-0.25, -0.2) is 16.8 Å². The second-order valence-corrected chi connectivity index (χ2v) is 11.4. The second kappa shape index (κ2) is 7.34. The van der Waals surface area contributed by atoms with Crippen LogP contribution in [0.4, 0.5) is 0 Å². The molecule has 1 saturated heterocycles. The molecule has 0 bridgehead atoms. The molecule has 1 amide bonds. The molecule has 1 N–H and O–H groups in total. The third-order valence-corrected chi connectivity index (χ3v) is 9.11. The standard InChI is InChI=1S/C19H19NO7S2/c21-19(20-10-13-4-5-17-18(8-13)27-12-26-17)14-2-1-3-15(9-14)29(24,25)16-6-7-28(22,23)11-16/h1-5,8-9,16H,6-7,10-12H2,(H,20,21)/t16-/m0/s1. The lowest BCUT2D eigenvalue weighted by Gasteiger charge is -2.12. The summed E-state index contributed by atoms with van der Waals surface area (Å²) in [5.74, 6) is 0.310. The van der Waals surface area contributed by atoms with E-state index in [0.717, 1.165) is 5.56 Å². The van der Waals surface area contributed by atoms with Crippen LogP contribution in [0.2, 0.25) is 0 Å². The van der Waals surface area contributed by atoms with Crippen LogP contribution in [0, 0.1) is 0 Å². The number of carbonyl (C=O) groups is 1. The highest BCUT2D eigenvalue weighted by molar-refractivity contribution is 7.96. The number of amides is 1. The van der Waals surface area contributed by atoms with Gasteiger partial charge in [0, 0.05) is 12.1 Å². The van der Waals surface area contributed by atoms with Gasteiger partial charge in [0.05, 0.1) is 21.7 Å². The summed E-state index contributed by atoms with van der Waals surface area (Å²) in [5, 5.41) is 1.77. The number of ether oxygens (including phenoxy) is 2. The van der Waals surface area contributed by atoms with Crippen LogP contribution in [0.15, 0.2) is 47.4 Å². The summed E-state index contributed by atoms with van der Waals surface area (Å²) < 4.78 is 59.4. The van der Waals surface area contributed by atoms with Gasteiger partial charge in [-0.3, -0.25) is 4.79 Å². The predicted octanol–water partition coefficient (Wildman–Crippen LogP) is 1.31. The Labute approximate surface area is 168 Å². The summed E-state index contributed by atoms with van der Waals surface area (Å²) in [6, 6.07) is 11.0. The lowest BCUT2D eigenvalue weighted by atomic mass is 10.2. The summed E-state index contributed by atoms with van der Waals surface area (Å²) in [6.07, 6.45) is 0.0746. The summed E-state index contributed by atoms with van der Waals surface area (Å²) >= 11 is 0. The number of rotatable bonds is 5. The molecule has 2 aliphatic heterocycles. The van der Waals surface area contributed by atoms with Crippen molar-refractivity contribution in [1.29, 1.82) is 0 Å². The molecule has 0 spiro atoms. The smallest absolute Gasteiger partial charge is 0.251 e. The average molecular weight is 437 g/mol. The summed E-state index contributed by atoms with van der Waals surface area (Å²) in [4.78, 5) is 12.5. The van der Waals surface area contributed by atoms with E-state index in [4.69, 9.17) is 9.47 Å². The number of hydrogen-bond acceptors (Lipinski definition) is 7. The Balaban J connectivity index is 1.47. The van der Waals surface area contributed by atoms with E-state index in [1.54, 1.807) is 18.2 Å². The van der Waals surface area contributed by atoms with E-state index in [2.05, 4.69) is 5.32 Å². The Morgan fingerprint density at radius 2 is 1.90 bits per heavy atom. The Morgan fingerprint density at radius 1 is 1.10 bits per heavy atom. The van der Waals surface area contributed by atoms with E-state index in [-0.39, 0.29) is 41.7 Å². The first-order valence-corrected chi connectivity index (χ1v) is 12.3. The molecular weight excluding hydrogens is 418 g/mol. The molecule has 29 heavy (non-hydrogen) atoms. The van der Waals surface area contributed by atoms with Gasteiger partial charge in [0.1, 0.15) is 0 Å². The maximum absolute atomic E-state index is 12.8. The molecule has 154 valence electrons. The lowest BCUT2D eigenvalue weighted by molar-refractivity contribution is 0.0950. The Hall–Kier alpha value is -2.59. The zero-order valence-electron chi connectivity index (χ0n) is 15.3. The Morgan fingerprint density at radius 3 is 2.66 bits per heavy atom. The van der Waals surface area contributed by atoms with Crippen LogP contribution in [0.25, 0.3) is 0 Å². The number of nitrogens with one attached hydrogen (secondary N) is 1. The van der Waals surface area contributed by atoms with Crippen LogP contribution >= 0.6 is 0 Å². The van der Waals surface area contributed by atoms with Gasteiger partial charge in [0.25, 0.3) is 5.91 Å². The van der Waals surface area contributed by atoms with Crippen molar-refractivity contribution in [1.82, 2.24) is 5.32 Å². The Kier molecular flexibility index (Phi) is 4.99. The van der Waals surface area contributed by atoms with Crippen molar-refractivity contribution in [2.45, 2.75) is 23.1 Å². The van der Waals surface area contributed by atoms with E-state index in [1.165, 1.54) is 24.3 Å². The molecule has 0 unspecified atom stereocenters. The van der Waals surface area contributed by atoms with Crippen molar-refractivity contribution in [2.75, 3.05) is 18.3 Å². The minimum absolute atomic E-state index is 0.0460. The van der Waals surface area contributed by atoms with Crippen molar-refractivity contribution in [3.05, 3.63) is 53.6 Å². The SMILES string of the molecule is O=C(NCc1ccc2c(c1)OCO2)c1cccc(S(=O)(=O)[C@H]2CCS(=O)(=O)C2)c1. The quantitative estimate of drug-likeness (QED) is 0.750. The maximum atomic E-state index is 12.8. The number of sulfone groups is 2. The summed E-state index contributed by atoms with van der Waals surface area (Å²) in [6.45, 7) is 0.391. The first-order valence-electron chi connectivity index (χ1n) is 8.96. The normalized spacial score (nSPS) is 19.8. The monoisotopic (exact) mass is 437 g/mol. The molecule has 1 fully saturated rings. The molecule has 1 atom stereocenters. The molecule has 0 aliphatic carbocycles. The summed E-state index contributed by atoms with van der Waals surface area (Å²) in [5.41, 5.74) is 0.996. The van der Waals surface area contributed by atoms with Gasteiger partial charge in [-0.2, -0.15) is 0 Å². The molecule has 10 heteroatoms. The third kappa shape index (κ3) is 4.08. The molecule has 4 rings (SSSR count). The summed E-state index contributed by atoms with van der Waals surface area (Å²) in [7, 11) is -7.16. The maximum Gasteiger partial charge on any atom is 0.251 e. The van der Waals surface area contributed by atoms with Crippen molar-refractivity contribution >= 4 is 25.6 Å². The van der Waals surface area contributed by atoms with E-state index >= 15 is 0 Å². The molecule has 0 saturated carbocycles. The minimum Gasteiger partial charge on any atom is -0.454 e. The molecule has 2 aromatic carbocycles. The fourth-order valence-corrected chi connectivity index (χ4v) is 7.75. The lowest BCUT2D eigenvalue weighted by Crippen LogP contribution is -2.25. The second-order valence-electron chi connectivity index (χ2n) is 6.97. The molecule has 0 aromatic heterocycles.